The lowest BCUT2D eigenvalue weighted by atomic mass is 9.77. The maximum Gasteiger partial charge on any atom is 0.497 e. The molecule has 102 valence electrons. The summed E-state index contributed by atoms with van der Waals surface area (Å²) in [6.45, 7) is 9.73. The number of nitrogens with two attached hydrogens (primary N) is 1. The third-order valence-electron chi connectivity index (χ3n) is 3.79. The number of nitrogens with zero attached hydrogens (tertiary/aromatic N) is 1. The fourth-order valence-electron chi connectivity index (χ4n) is 1.95. The second-order valence-electron chi connectivity index (χ2n) is 5.90. The number of rotatable bonds is 2. The van der Waals surface area contributed by atoms with Crippen LogP contribution < -0.4 is 11.2 Å². The van der Waals surface area contributed by atoms with Crippen LogP contribution in [-0.2, 0) is 9.31 Å². The molecule has 2 heterocycles. The molecule has 1 aromatic rings. The summed E-state index contributed by atoms with van der Waals surface area (Å²) >= 11 is 0. The standard InChI is InChI=1S/C13H19BN2O3/c1-8-6-9(10(11(15)17)16-7-8)14-18-12(2,3)13(4,5)19-14/h6-7H,1-5H3,(H2,15,17). The minimum Gasteiger partial charge on any atom is -0.399 e. The van der Waals surface area contributed by atoms with E-state index in [4.69, 9.17) is 15.0 Å². The van der Waals surface area contributed by atoms with Crippen LogP contribution in [0.25, 0.3) is 0 Å². The van der Waals surface area contributed by atoms with Crippen molar-refractivity contribution in [2.24, 2.45) is 5.73 Å². The largest absolute Gasteiger partial charge is 0.497 e. The van der Waals surface area contributed by atoms with Gasteiger partial charge >= 0.3 is 7.12 Å². The molecule has 1 aliphatic heterocycles. The molecule has 0 radical (unpaired) electrons. The first kappa shape index (κ1) is 14.0. The van der Waals surface area contributed by atoms with Crippen molar-refractivity contribution in [3.05, 3.63) is 23.5 Å². The van der Waals surface area contributed by atoms with E-state index in [1.807, 2.05) is 40.7 Å². The van der Waals surface area contributed by atoms with Crippen molar-refractivity contribution in [2.75, 3.05) is 0 Å². The molecule has 2 rings (SSSR count). The summed E-state index contributed by atoms with van der Waals surface area (Å²) in [5.74, 6) is -0.579. The average molecular weight is 262 g/mol. The van der Waals surface area contributed by atoms with Crippen LogP contribution in [0.3, 0.4) is 0 Å². The van der Waals surface area contributed by atoms with E-state index in [-0.39, 0.29) is 5.69 Å². The predicted octanol–water partition coefficient (Wildman–Crippen LogP) is 0.788. The second kappa shape index (κ2) is 4.32. The van der Waals surface area contributed by atoms with E-state index >= 15 is 0 Å². The van der Waals surface area contributed by atoms with Gasteiger partial charge in [0.1, 0.15) is 5.69 Å². The van der Waals surface area contributed by atoms with Gasteiger partial charge in [0, 0.05) is 11.7 Å². The fraction of sp³-hybridized carbons (Fsp3) is 0.538. The first-order valence-corrected chi connectivity index (χ1v) is 6.26. The van der Waals surface area contributed by atoms with Crippen molar-refractivity contribution in [1.82, 2.24) is 4.98 Å². The molecular formula is C13H19BN2O3. The third-order valence-corrected chi connectivity index (χ3v) is 3.79. The number of hydrogen-bond donors (Lipinski definition) is 1. The zero-order chi connectivity index (χ0) is 14.4. The van der Waals surface area contributed by atoms with Gasteiger partial charge in [-0.25, -0.2) is 0 Å². The number of carbonyl (C=O) groups is 1. The second-order valence-corrected chi connectivity index (χ2v) is 5.90. The average Bonchev–Trinajstić information content (AvgIpc) is 2.47. The van der Waals surface area contributed by atoms with Gasteiger partial charge < -0.3 is 15.0 Å². The number of hydrogen-bond acceptors (Lipinski definition) is 4. The monoisotopic (exact) mass is 262 g/mol. The Balaban J connectivity index is 2.44. The van der Waals surface area contributed by atoms with Crippen LogP contribution in [0, 0.1) is 6.92 Å². The van der Waals surface area contributed by atoms with Crippen molar-refractivity contribution in [1.29, 1.82) is 0 Å². The Bertz CT molecular complexity index is 513. The molecule has 19 heavy (non-hydrogen) atoms. The molecule has 0 aromatic carbocycles. The van der Waals surface area contributed by atoms with Crippen molar-refractivity contribution in [3.8, 4) is 0 Å². The van der Waals surface area contributed by atoms with Crippen molar-refractivity contribution >= 4 is 18.5 Å². The highest BCUT2D eigenvalue weighted by Gasteiger charge is 2.52. The predicted molar refractivity (Wildman–Crippen MR) is 73.2 cm³/mol. The number of pyridine rings is 1. The molecule has 1 amide bonds. The molecule has 0 saturated carbocycles. The van der Waals surface area contributed by atoms with Crippen molar-refractivity contribution < 1.29 is 14.1 Å². The normalized spacial score (nSPS) is 20.6. The van der Waals surface area contributed by atoms with Crippen molar-refractivity contribution in [3.63, 3.8) is 0 Å². The first-order chi connectivity index (χ1) is 8.64. The summed E-state index contributed by atoms with van der Waals surface area (Å²) in [6.07, 6.45) is 1.61. The fourth-order valence-corrected chi connectivity index (χ4v) is 1.95. The topological polar surface area (TPSA) is 74.4 Å². The highest BCUT2D eigenvalue weighted by Crippen LogP contribution is 2.36. The molecule has 0 unspecified atom stereocenters. The molecule has 1 saturated heterocycles. The first-order valence-electron chi connectivity index (χ1n) is 6.26. The number of aryl methyl sites for hydroxylation is 1. The van der Waals surface area contributed by atoms with Crippen LogP contribution in [0.5, 0.6) is 0 Å². The van der Waals surface area contributed by atoms with Crippen molar-refractivity contribution in [2.45, 2.75) is 45.8 Å². The summed E-state index contributed by atoms with van der Waals surface area (Å²) in [4.78, 5) is 15.5. The van der Waals surface area contributed by atoms with E-state index in [9.17, 15) is 4.79 Å². The Morgan fingerprint density at radius 1 is 1.26 bits per heavy atom. The minimum absolute atomic E-state index is 0.198. The van der Waals surface area contributed by atoms with Crippen LogP contribution >= 0.6 is 0 Å². The van der Waals surface area contributed by atoms with Crippen LogP contribution in [0.4, 0.5) is 0 Å². The summed E-state index contributed by atoms with van der Waals surface area (Å²) < 4.78 is 11.9. The van der Waals surface area contributed by atoms with Gasteiger partial charge in [0.25, 0.3) is 5.91 Å². The SMILES string of the molecule is Cc1cnc(C(N)=O)c(B2OC(C)(C)C(C)(C)O2)c1. The molecule has 0 bridgehead atoms. The van der Waals surface area contributed by atoms with E-state index in [0.29, 0.717) is 5.46 Å². The quantitative estimate of drug-likeness (QED) is 0.799. The summed E-state index contributed by atoms with van der Waals surface area (Å²) in [5, 5.41) is 0. The van der Waals surface area contributed by atoms with E-state index in [0.717, 1.165) is 5.56 Å². The van der Waals surface area contributed by atoms with Crippen LogP contribution in [0.2, 0.25) is 0 Å². The smallest absolute Gasteiger partial charge is 0.399 e. The molecule has 6 heteroatoms. The van der Waals surface area contributed by atoms with Crippen LogP contribution in [0.1, 0.15) is 43.7 Å². The van der Waals surface area contributed by atoms with Gasteiger partial charge in [0.05, 0.1) is 11.2 Å². The molecular weight excluding hydrogens is 243 g/mol. The number of aromatic nitrogens is 1. The summed E-state index contributed by atoms with van der Waals surface area (Å²) in [7, 11) is -0.625. The number of carbonyl (C=O) groups excluding carboxylic acids is 1. The van der Waals surface area contributed by atoms with Gasteiger partial charge in [-0.2, -0.15) is 0 Å². The number of amides is 1. The maximum absolute atomic E-state index is 11.5. The van der Waals surface area contributed by atoms with Gasteiger partial charge in [-0.05, 0) is 40.2 Å². The summed E-state index contributed by atoms with van der Waals surface area (Å²) in [6, 6.07) is 1.83. The van der Waals surface area contributed by atoms with Gasteiger partial charge in [0.2, 0.25) is 0 Å². The Hall–Kier alpha value is -1.40. The zero-order valence-corrected chi connectivity index (χ0v) is 12.0. The Morgan fingerprint density at radius 2 is 1.79 bits per heavy atom. The maximum atomic E-state index is 11.5. The van der Waals surface area contributed by atoms with E-state index in [1.165, 1.54) is 0 Å². The highest BCUT2D eigenvalue weighted by atomic mass is 16.7. The van der Waals surface area contributed by atoms with Crippen LogP contribution in [0.15, 0.2) is 12.3 Å². The highest BCUT2D eigenvalue weighted by molar-refractivity contribution is 6.63. The van der Waals surface area contributed by atoms with Gasteiger partial charge in [-0.15, -0.1) is 0 Å². The summed E-state index contributed by atoms with van der Waals surface area (Å²) in [5.41, 5.74) is 6.14. The lowest BCUT2D eigenvalue weighted by molar-refractivity contribution is 0.00578. The minimum atomic E-state index is -0.625. The molecule has 0 atom stereocenters. The Morgan fingerprint density at radius 3 is 2.26 bits per heavy atom. The zero-order valence-electron chi connectivity index (χ0n) is 12.0. The van der Waals surface area contributed by atoms with Crippen LogP contribution in [-0.4, -0.2) is 29.2 Å². The van der Waals surface area contributed by atoms with Gasteiger partial charge in [-0.3, -0.25) is 9.78 Å². The van der Waals surface area contributed by atoms with Gasteiger partial charge in [-0.1, -0.05) is 6.07 Å². The Labute approximate surface area is 113 Å². The van der Waals surface area contributed by atoms with E-state index < -0.39 is 24.2 Å². The number of primary amides is 1. The van der Waals surface area contributed by atoms with E-state index in [1.54, 1.807) is 6.20 Å². The third kappa shape index (κ3) is 2.38. The molecule has 0 spiro atoms. The van der Waals surface area contributed by atoms with E-state index in [2.05, 4.69) is 4.98 Å². The molecule has 1 aliphatic rings. The molecule has 1 aromatic heterocycles. The molecule has 5 nitrogen and oxygen atoms in total. The Kier molecular flexibility index (Phi) is 3.19. The molecule has 0 aliphatic carbocycles. The lowest BCUT2D eigenvalue weighted by Gasteiger charge is -2.32. The lowest BCUT2D eigenvalue weighted by Crippen LogP contribution is -2.41. The molecule has 1 fully saturated rings. The van der Waals surface area contributed by atoms with Gasteiger partial charge in [0.15, 0.2) is 0 Å². The molecule has 2 N–H and O–H groups in total.